The molecule has 0 radical (unpaired) electrons. The van der Waals surface area contributed by atoms with Crippen LogP contribution in [0.1, 0.15) is 32.1 Å². The fourth-order valence-corrected chi connectivity index (χ4v) is 2.08. The molecule has 0 fully saturated rings. The molecule has 0 aliphatic rings. The molecule has 0 spiro atoms. The van der Waals surface area contributed by atoms with Gasteiger partial charge in [0.15, 0.2) is 5.78 Å². The summed E-state index contributed by atoms with van der Waals surface area (Å²) in [6, 6.07) is 8.90. The second kappa shape index (κ2) is 5.69. The van der Waals surface area contributed by atoms with E-state index in [9.17, 15) is 9.59 Å². The second-order valence-electron chi connectivity index (χ2n) is 4.64. The van der Waals surface area contributed by atoms with E-state index in [0.29, 0.717) is 16.8 Å². The van der Waals surface area contributed by atoms with E-state index in [-0.39, 0.29) is 18.2 Å². The molecule has 0 bridgehead atoms. The van der Waals surface area contributed by atoms with Gasteiger partial charge in [0.1, 0.15) is 0 Å². The van der Waals surface area contributed by atoms with Gasteiger partial charge < -0.3 is 5.32 Å². The highest BCUT2D eigenvalue weighted by Gasteiger charge is 2.17. The van der Waals surface area contributed by atoms with Crippen LogP contribution in [0.15, 0.2) is 30.3 Å². The first kappa shape index (κ1) is 14.0. The van der Waals surface area contributed by atoms with Crippen molar-refractivity contribution in [1.29, 1.82) is 0 Å². The molecule has 0 saturated heterocycles. The lowest BCUT2D eigenvalue weighted by Gasteiger charge is -2.05. The normalized spacial score (nSPS) is 10.3. The molecule has 0 aliphatic heterocycles. The Bertz CT molecular complexity index is 645. The molecule has 0 saturated carbocycles. The first-order chi connectivity index (χ1) is 9.50. The fourth-order valence-electron chi connectivity index (χ4n) is 2.08. The molecule has 104 valence electrons. The minimum Gasteiger partial charge on any atom is -0.344 e. The summed E-state index contributed by atoms with van der Waals surface area (Å²) in [6.07, 6.45) is 0. The summed E-state index contributed by atoms with van der Waals surface area (Å²) in [4.78, 5) is 24.0. The number of aryl methyl sites for hydroxylation is 2. The lowest BCUT2D eigenvalue weighted by atomic mass is 10.1. The number of benzene rings is 1. The lowest BCUT2D eigenvalue weighted by Crippen LogP contribution is -2.30. The first-order valence-corrected chi connectivity index (χ1v) is 6.37. The van der Waals surface area contributed by atoms with Crippen molar-refractivity contribution >= 4 is 11.7 Å². The number of hydrogen-bond donors (Lipinski definition) is 1. The molecular weight excluding hydrogens is 254 g/mol. The lowest BCUT2D eigenvalue weighted by molar-refractivity contribution is 0.0903. The molecule has 1 N–H and O–H groups in total. The second-order valence-corrected chi connectivity index (χ2v) is 4.64. The number of carbonyl (C=O) groups is 2. The first-order valence-electron chi connectivity index (χ1n) is 6.37. The van der Waals surface area contributed by atoms with Gasteiger partial charge in [0.05, 0.1) is 17.8 Å². The van der Waals surface area contributed by atoms with Crippen LogP contribution in [0, 0.1) is 13.8 Å². The van der Waals surface area contributed by atoms with E-state index in [1.807, 2.05) is 13.0 Å². The Kier molecular flexibility index (Phi) is 3.98. The molecule has 20 heavy (non-hydrogen) atoms. The van der Waals surface area contributed by atoms with Gasteiger partial charge in [-0.2, -0.15) is 5.10 Å². The van der Waals surface area contributed by atoms with Crippen LogP contribution in [-0.4, -0.2) is 28.0 Å². The van der Waals surface area contributed by atoms with Gasteiger partial charge in [0, 0.05) is 18.3 Å². The quantitative estimate of drug-likeness (QED) is 0.860. The van der Waals surface area contributed by atoms with Crippen molar-refractivity contribution in [3.8, 4) is 0 Å². The Labute approximate surface area is 117 Å². The molecular formula is C15H17N3O2. The van der Waals surface area contributed by atoms with Crippen LogP contribution in [0.2, 0.25) is 0 Å². The van der Waals surface area contributed by atoms with Crippen LogP contribution in [0.4, 0.5) is 0 Å². The average Bonchev–Trinajstić information content (AvgIpc) is 2.70. The van der Waals surface area contributed by atoms with Crippen LogP contribution >= 0.6 is 0 Å². The third kappa shape index (κ3) is 2.77. The zero-order valence-corrected chi connectivity index (χ0v) is 11.8. The number of carbonyl (C=O) groups excluding carboxylic acids is 2. The van der Waals surface area contributed by atoms with Gasteiger partial charge in [-0.3, -0.25) is 14.3 Å². The molecule has 1 aromatic heterocycles. The van der Waals surface area contributed by atoms with Gasteiger partial charge in [-0.25, -0.2) is 0 Å². The molecule has 5 nitrogen and oxygen atoms in total. The van der Waals surface area contributed by atoms with Crippen LogP contribution in [0.25, 0.3) is 0 Å². The monoisotopic (exact) mass is 271 g/mol. The number of nitrogens with zero attached hydrogens (tertiary/aromatic N) is 2. The largest absolute Gasteiger partial charge is 0.344 e. The van der Waals surface area contributed by atoms with E-state index in [4.69, 9.17) is 0 Å². The van der Waals surface area contributed by atoms with Crippen molar-refractivity contribution in [3.63, 3.8) is 0 Å². The summed E-state index contributed by atoms with van der Waals surface area (Å²) in [6.45, 7) is 3.59. The minimum atomic E-state index is -0.266. The Morgan fingerprint density at radius 3 is 2.40 bits per heavy atom. The average molecular weight is 271 g/mol. The summed E-state index contributed by atoms with van der Waals surface area (Å²) in [5.41, 5.74) is 2.57. The third-order valence-corrected chi connectivity index (χ3v) is 3.24. The van der Waals surface area contributed by atoms with Crippen molar-refractivity contribution in [2.75, 3.05) is 6.54 Å². The minimum absolute atomic E-state index is 0.0172. The summed E-state index contributed by atoms with van der Waals surface area (Å²) in [5, 5.41) is 6.84. The van der Waals surface area contributed by atoms with Gasteiger partial charge in [0.2, 0.25) is 0 Å². The van der Waals surface area contributed by atoms with E-state index in [1.165, 1.54) is 0 Å². The zero-order valence-electron chi connectivity index (χ0n) is 11.8. The maximum absolute atomic E-state index is 12.1. The maximum Gasteiger partial charge on any atom is 0.255 e. The highest BCUT2D eigenvalue weighted by Crippen LogP contribution is 2.11. The predicted octanol–water partition coefficient (Wildman–Crippen LogP) is 1.65. The van der Waals surface area contributed by atoms with E-state index in [1.54, 1.807) is 42.9 Å². The van der Waals surface area contributed by atoms with Crippen molar-refractivity contribution in [3.05, 3.63) is 52.8 Å². The fraction of sp³-hybridized carbons (Fsp3) is 0.267. The Morgan fingerprint density at radius 2 is 1.85 bits per heavy atom. The Morgan fingerprint density at radius 1 is 1.20 bits per heavy atom. The molecule has 1 aromatic carbocycles. The van der Waals surface area contributed by atoms with Gasteiger partial charge in [-0.1, -0.05) is 30.3 Å². The number of rotatable bonds is 4. The summed E-state index contributed by atoms with van der Waals surface area (Å²) in [5.74, 6) is -0.379. The predicted molar refractivity (Wildman–Crippen MR) is 75.8 cm³/mol. The molecule has 2 aromatic rings. The summed E-state index contributed by atoms with van der Waals surface area (Å²) >= 11 is 0. The van der Waals surface area contributed by atoms with Crippen molar-refractivity contribution < 1.29 is 9.59 Å². The third-order valence-electron chi connectivity index (χ3n) is 3.24. The molecule has 0 aliphatic carbocycles. The maximum atomic E-state index is 12.1. The molecule has 2 rings (SSSR count). The van der Waals surface area contributed by atoms with Crippen LogP contribution in [0.3, 0.4) is 0 Å². The van der Waals surface area contributed by atoms with Gasteiger partial charge >= 0.3 is 0 Å². The highest BCUT2D eigenvalue weighted by atomic mass is 16.2. The van der Waals surface area contributed by atoms with Crippen LogP contribution in [-0.2, 0) is 7.05 Å². The number of ketones is 1. The topological polar surface area (TPSA) is 64.0 Å². The van der Waals surface area contributed by atoms with Crippen LogP contribution < -0.4 is 5.32 Å². The Balaban J connectivity index is 2.04. The van der Waals surface area contributed by atoms with E-state index >= 15 is 0 Å². The van der Waals surface area contributed by atoms with Crippen LogP contribution in [0.5, 0.6) is 0 Å². The van der Waals surface area contributed by atoms with Gasteiger partial charge in [0.25, 0.3) is 5.91 Å². The molecule has 1 amide bonds. The Hall–Kier alpha value is -2.43. The number of amides is 1. The molecule has 5 heteroatoms. The standard InChI is InChI=1S/C15H17N3O2/c1-10-14(11(2)18(3)17-10)15(20)16-9-13(19)12-7-5-4-6-8-12/h4-8H,9H2,1-3H3,(H,16,20). The van der Waals surface area contributed by atoms with Gasteiger partial charge in [-0.05, 0) is 13.8 Å². The SMILES string of the molecule is Cc1nn(C)c(C)c1C(=O)NCC(=O)c1ccccc1. The van der Waals surface area contributed by atoms with Gasteiger partial charge in [-0.15, -0.1) is 0 Å². The highest BCUT2D eigenvalue weighted by molar-refractivity contribution is 6.02. The number of hydrogen-bond acceptors (Lipinski definition) is 3. The smallest absolute Gasteiger partial charge is 0.255 e. The molecule has 0 atom stereocenters. The van der Waals surface area contributed by atoms with Crippen molar-refractivity contribution in [1.82, 2.24) is 15.1 Å². The van der Waals surface area contributed by atoms with Crippen molar-refractivity contribution in [2.45, 2.75) is 13.8 Å². The zero-order chi connectivity index (χ0) is 14.7. The number of aromatic nitrogens is 2. The summed E-state index contributed by atoms with van der Waals surface area (Å²) in [7, 11) is 1.79. The van der Waals surface area contributed by atoms with E-state index in [0.717, 1.165) is 5.69 Å². The number of Topliss-reactive ketones (excluding diaryl/α,β-unsaturated/α-hetero) is 1. The molecule has 0 unspecified atom stereocenters. The van der Waals surface area contributed by atoms with E-state index < -0.39 is 0 Å². The summed E-state index contributed by atoms with van der Waals surface area (Å²) < 4.78 is 1.66. The van der Waals surface area contributed by atoms with E-state index in [2.05, 4.69) is 10.4 Å². The molecule has 1 heterocycles. The van der Waals surface area contributed by atoms with Crippen molar-refractivity contribution in [2.24, 2.45) is 7.05 Å². The number of nitrogens with one attached hydrogen (secondary N) is 1.